The Balaban J connectivity index is 2.13. The van der Waals surface area contributed by atoms with Crippen molar-refractivity contribution < 1.29 is 23.0 Å². The number of benzene rings is 2. The lowest BCUT2D eigenvalue weighted by atomic mass is 9.85. The minimum absolute atomic E-state index is 0.242. The van der Waals surface area contributed by atoms with Crippen LogP contribution in [0.15, 0.2) is 36.4 Å². The Morgan fingerprint density at radius 3 is 1.33 bits per heavy atom. The highest BCUT2D eigenvalue weighted by Crippen LogP contribution is 2.30. The Bertz CT molecular complexity index is 834. The number of carbonyl (C=O) groups is 1. The smallest absolute Gasteiger partial charge is 0.426 e. The first kappa shape index (κ1) is 23.8. The first-order valence-corrected chi connectivity index (χ1v) is 10.2. The topological polar surface area (TPSA) is 35.5 Å². The molecule has 2 atom stereocenters. The molecule has 0 saturated heterocycles. The summed E-state index contributed by atoms with van der Waals surface area (Å²) in [6, 6.07) is 9.30. The van der Waals surface area contributed by atoms with Crippen LogP contribution < -0.4 is 0 Å². The van der Waals surface area contributed by atoms with Gasteiger partial charge in [-0.25, -0.2) is 13.6 Å². The number of rotatable bonds is 4. The monoisotopic (exact) mass is 418 g/mol. The highest BCUT2D eigenvalue weighted by Gasteiger charge is 2.22. The van der Waals surface area contributed by atoms with Crippen LogP contribution in [0.5, 0.6) is 0 Å². The van der Waals surface area contributed by atoms with Crippen molar-refractivity contribution in [2.75, 3.05) is 0 Å². The molecule has 0 aliphatic heterocycles. The lowest BCUT2D eigenvalue weighted by Crippen LogP contribution is -2.16. The normalized spacial score (nSPS) is 14.2. The zero-order valence-electron chi connectivity index (χ0n) is 19.1. The second kappa shape index (κ2) is 8.75. The second-order valence-electron chi connectivity index (χ2n) is 9.82. The van der Waals surface area contributed by atoms with Gasteiger partial charge in [0.15, 0.2) is 0 Å². The molecule has 0 N–H and O–H groups in total. The van der Waals surface area contributed by atoms with E-state index in [4.69, 9.17) is 9.47 Å². The summed E-state index contributed by atoms with van der Waals surface area (Å²) in [6.45, 7) is 15.2. The zero-order valence-corrected chi connectivity index (χ0v) is 19.1. The highest BCUT2D eigenvalue weighted by molar-refractivity contribution is 5.61. The summed E-state index contributed by atoms with van der Waals surface area (Å²) in [6.07, 6.45) is -2.28. The summed E-state index contributed by atoms with van der Waals surface area (Å²) < 4.78 is 38.8. The van der Waals surface area contributed by atoms with E-state index in [0.717, 1.165) is 11.1 Å². The predicted octanol–water partition coefficient (Wildman–Crippen LogP) is 7.54. The Morgan fingerprint density at radius 1 is 0.700 bits per heavy atom. The van der Waals surface area contributed by atoms with E-state index in [0.29, 0.717) is 11.1 Å². The van der Waals surface area contributed by atoms with E-state index in [1.165, 1.54) is 24.3 Å². The molecule has 0 aromatic heterocycles. The van der Waals surface area contributed by atoms with Crippen LogP contribution in [0.25, 0.3) is 0 Å². The van der Waals surface area contributed by atoms with Crippen LogP contribution in [0.4, 0.5) is 13.6 Å². The molecule has 30 heavy (non-hydrogen) atoms. The molecule has 0 heterocycles. The molecule has 2 aromatic carbocycles. The van der Waals surface area contributed by atoms with E-state index in [2.05, 4.69) is 0 Å². The van der Waals surface area contributed by atoms with Gasteiger partial charge in [-0.1, -0.05) is 53.7 Å². The maximum absolute atomic E-state index is 14.1. The van der Waals surface area contributed by atoms with Gasteiger partial charge in [0.25, 0.3) is 0 Å². The number of hydrogen-bond acceptors (Lipinski definition) is 3. The van der Waals surface area contributed by atoms with E-state index in [-0.39, 0.29) is 22.5 Å². The van der Waals surface area contributed by atoms with Crippen LogP contribution in [0.1, 0.15) is 89.9 Å². The third-order valence-corrected chi connectivity index (χ3v) is 5.06. The molecule has 3 nitrogen and oxygen atoms in total. The summed E-state index contributed by atoms with van der Waals surface area (Å²) in [7, 11) is 0. The second-order valence-corrected chi connectivity index (χ2v) is 9.82. The molecule has 0 radical (unpaired) electrons. The van der Waals surface area contributed by atoms with Gasteiger partial charge >= 0.3 is 6.16 Å². The molecule has 2 aromatic rings. The van der Waals surface area contributed by atoms with Crippen molar-refractivity contribution >= 4 is 6.16 Å². The fourth-order valence-corrected chi connectivity index (χ4v) is 3.01. The third-order valence-electron chi connectivity index (χ3n) is 5.06. The Hall–Kier alpha value is -2.43. The molecule has 2 rings (SSSR count). The quantitative estimate of drug-likeness (QED) is 0.481. The molecule has 0 spiro atoms. The van der Waals surface area contributed by atoms with Crippen LogP contribution in [0, 0.1) is 11.6 Å². The number of halogens is 2. The minimum atomic E-state index is -0.891. The SMILES string of the molecule is CC(OC(=O)OC(C)c1cc(F)cc(C(C)(C)C)c1)c1cc(F)cc(C(C)(C)C)c1. The van der Waals surface area contributed by atoms with Gasteiger partial charge in [0.2, 0.25) is 0 Å². The average molecular weight is 419 g/mol. The molecule has 0 amide bonds. The first-order chi connectivity index (χ1) is 13.7. The largest absolute Gasteiger partial charge is 0.509 e. The van der Waals surface area contributed by atoms with Gasteiger partial charge in [-0.2, -0.15) is 0 Å². The van der Waals surface area contributed by atoms with E-state index < -0.39 is 18.4 Å². The zero-order chi connectivity index (χ0) is 22.9. The number of carbonyl (C=O) groups excluding carboxylic acids is 1. The van der Waals surface area contributed by atoms with E-state index in [1.807, 2.05) is 53.7 Å². The predicted molar refractivity (Wildman–Crippen MR) is 115 cm³/mol. The van der Waals surface area contributed by atoms with Crippen molar-refractivity contribution in [1.82, 2.24) is 0 Å². The fraction of sp³-hybridized carbons (Fsp3) is 0.480. The van der Waals surface area contributed by atoms with Crippen molar-refractivity contribution in [3.63, 3.8) is 0 Å². The third kappa shape index (κ3) is 6.28. The molecule has 0 aliphatic rings. The van der Waals surface area contributed by atoms with E-state index in [9.17, 15) is 13.6 Å². The molecule has 5 heteroatoms. The van der Waals surface area contributed by atoms with Gasteiger partial charge in [0.1, 0.15) is 23.8 Å². The molecule has 0 bridgehead atoms. The van der Waals surface area contributed by atoms with E-state index in [1.54, 1.807) is 13.8 Å². The van der Waals surface area contributed by atoms with Crippen LogP contribution in [0.3, 0.4) is 0 Å². The van der Waals surface area contributed by atoms with Gasteiger partial charge < -0.3 is 9.47 Å². The van der Waals surface area contributed by atoms with Crippen molar-refractivity contribution in [3.05, 3.63) is 70.3 Å². The average Bonchev–Trinajstić information content (AvgIpc) is 2.58. The maximum atomic E-state index is 14.1. The molecular weight excluding hydrogens is 386 g/mol. The van der Waals surface area contributed by atoms with Crippen LogP contribution in [-0.4, -0.2) is 6.16 Å². The van der Waals surface area contributed by atoms with Crippen molar-refractivity contribution in [1.29, 1.82) is 0 Å². The summed E-state index contributed by atoms with van der Waals surface area (Å²) in [5.74, 6) is -0.770. The van der Waals surface area contributed by atoms with Gasteiger partial charge in [0, 0.05) is 0 Å². The van der Waals surface area contributed by atoms with Gasteiger partial charge in [-0.05, 0) is 71.2 Å². The lowest BCUT2D eigenvalue weighted by Gasteiger charge is -2.23. The maximum Gasteiger partial charge on any atom is 0.509 e. The molecule has 2 unspecified atom stereocenters. The fourth-order valence-electron chi connectivity index (χ4n) is 3.01. The molecule has 0 saturated carbocycles. The molecule has 164 valence electrons. The van der Waals surface area contributed by atoms with Crippen LogP contribution >= 0.6 is 0 Å². The number of ether oxygens (including phenoxy) is 2. The van der Waals surface area contributed by atoms with Crippen molar-refractivity contribution in [2.45, 2.75) is 78.4 Å². The lowest BCUT2D eigenvalue weighted by molar-refractivity contribution is 0.00606. The summed E-state index contributed by atoms with van der Waals surface area (Å²) in [5, 5.41) is 0. The van der Waals surface area contributed by atoms with Gasteiger partial charge in [-0.3, -0.25) is 0 Å². The van der Waals surface area contributed by atoms with Crippen LogP contribution in [0.2, 0.25) is 0 Å². The molecule has 0 fully saturated rings. The van der Waals surface area contributed by atoms with E-state index >= 15 is 0 Å². The van der Waals surface area contributed by atoms with Gasteiger partial charge in [0.05, 0.1) is 0 Å². The first-order valence-electron chi connectivity index (χ1n) is 10.2. The van der Waals surface area contributed by atoms with Gasteiger partial charge in [-0.15, -0.1) is 0 Å². The highest BCUT2D eigenvalue weighted by atomic mass is 19.1. The van der Waals surface area contributed by atoms with Crippen molar-refractivity contribution in [2.24, 2.45) is 0 Å². The van der Waals surface area contributed by atoms with Crippen molar-refractivity contribution in [3.8, 4) is 0 Å². The Labute approximate surface area is 178 Å². The Morgan fingerprint density at radius 2 is 1.03 bits per heavy atom. The summed E-state index contributed by atoms with van der Waals surface area (Å²) in [4.78, 5) is 12.3. The Kier molecular flexibility index (Phi) is 6.95. The summed E-state index contributed by atoms with van der Waals surface area (Å²) >= 11 is 0. The molecular formula is C25H32F2O3. The molecule has 0 aliphatic carbocycles. The van der Waals surface area contributed by atoms with Crippen LogP contribution in [-0.2, 0) is 20.3 Å². The number of hydrogen-bond donors (Lipinski definition) is 0. The standard InChI is InChI=1S/C25H32F2O3/c1-15(17-9-19(24(3,4)5)13-21(26)11-17)29-23(28)30-16(2)18-10-20(25(6,7)8)14-22(27)12-18/h9-16H,1-8H3. The minimum Gasteiger partial charge on any atom is -0.426 e. The summed E-state index contributed by atoms with van der Waals surface area (Å²) in [5.41, 5.74) is 2.23.